The first-order chi connectivity index (χ1) is 13.1. The van der Waals surface area contributed by atoms with Crippen molar-refractivity contribution in [2.75, 3.05) is 5.32 Å². The molecule has 10 heteroatoms. The lowest BCUT2D eigenvalue weighted by atomic mass is 10.2. The number of aromatic nitrogens is 4. The summed E-state index contributed by atoms with van der Waals surface area (Å²) < 4.78 is 41.4. The number of nitrogens with zero attached hydrogens (tertiary/aromatic N) is 4. The molecule has 28 heavy (non-hydrogen) atoms. The maximum absolute atomic E-state index is 13.0. The van der Waals surface area contributed by atoms with Gasteiger partial charge < -0.3 is 5.32 Å². The van der Waals surface area contributed by atoms with Gasteiger partial charge in [-0.2, -0.15) is 23.4 Å². The molecule has 6 nitrogen and oxygen atoms in total. The molecule has 0 saturated carbocycles. The predicted octanol–water partition coefficient (Wildman–Crippen LogP) is 4.21. The minimum atomic E-state index is -4.75. The number of carbonyl (C=O) groups excluding carboxylic acids is 1. The molecule has 0 atom stereocenters. The van der Waals surface area contributed by atoms with Crippen LogP contribution in [0.1, 0.15) is 33.1 Å². The summed E-state index contributed by atoms with van der Waals surface area (Å²) >= 11 is 5.78. The van der Waals surface area contributed by atoms with Gasteiger partial charge >= 0.3 is 6.18 Å². The highest BCUT2D eigenvalue weighted by Gasteiger charge is 2.39. The normalized spacial score (nSPS) is 11.7. The van der Waals surface area contributed by atoms with Crippen molar-refractivity contribution >= 4 is 23.2 Å². The van der Waals surface area contributed by atoms with E-state index in [-0.39, 0.29) is 5.69 Å². The molecule has 0 fully saturated rings. The van der Waals surface area contributed by atoms with Crippen LogP contribution >= 0.6 is 11.6 Å². The number of hydrogen-bond donors (Lipinski definition) is 1. The fraction of sp³-hybridized carbons (Fsp3) is 0.278. The summed E-state index contributed by atoms with van der Waals surface area (Å²) in [6.45, 7) is 3.97. The molecular formula is C18H17ClF3N5O. The van der Waals surface area contributed by atoms with E-state index in [0.29, 0.717) is 23.6 Å². The summed E-state index contributed by atoms with van der Waals surface area (Å²) in [6, 6.07) is 9.62. The van der Waals surface area contributed by atoms with Gasteiger partial charge in [-0.15, -0.1) is 0 Å². The first-order valence-corrected chi connectivity index (χ1v) is 8.66. The Kier molecular flexibility index (Phi) is 5.20. The van der Waals surface area contributed by atoms with Crippen LogP contribution in [0, 0.1) is 13.8 Å². The number of rotatable bonds is 4. The topological polar surface area (TPSA) is 64.7 Å². The fourth-order valence-electron chi connectivity index (χ4n) is 2.89. The molecule has 0 unspecified atom stereocenters. The first-order valence-electron chi connectivity index (χ1n) is 8.28. The number of anilines is 1. The molecule has 0 aliphatic heterocycles. The van der Waals surface area contributed by atoms with Crippen LogP contribution in [0.3, 0.4) is 0 Å². The van der Waals surface area contributed by atoms with E-state index in [2.05, 4.69) is 15.5 Å². The predicted molar refractivity (Wildman–Crippen MR) is 98.4 cm³/mol. The van der Waals surface area contributed by atoms with E-state index in [9.17, 15) is 18.0 Å². The molecule has 148 valence electrons. The standard InChI is InChI=1S/C18H17ClF3N5O/c1-10-14(11(2)27(24-10)9-12-7-5-4-6-8-12)23-17(28)15-13(19)16(18(20,21)22)25-26(15)3/h4-8H,9H2,1-3H3,(H,23,28). The minimum absolute atomic E-state index is 0.372. The van der Waals surface area contributed by atoms with Gasteiger partial charge in [0.15, 0.2) is 5.69 Å². The maximum atomic E-state index is 13.0. The Labute approximate surface area is 163 Å². The molecule has 3 aromatic rings. The Morgan fingerprint density at radius 2 is 1.82 bits per heavy atom. The Morgan fingerprint density at radius 3 is 2.39 bits per heavy atom. The quantitative estimate of drug-likeness (QED) is 0.699. The van der Waals surface area contributed by atoms with Crippen LogP contribution in [0.5, 0.6) is 0 Å². The molecule has 1 aromatic carbocycles. The number of amides is 1. The molecule has 0 saturated heterocycles. The largest absolute Gasteiger partial charge is 0.436 e. The SMILES string of the molecule is Cc1nn(Cc2ccccc2)c(C)c1NC(=O)c1c(Cl)c(C(F)(F)F)nn1C. The van der Waals surface area contributed by atoms with Gasteiger partial charge in [0.25, 0.3) is 5.91 Å². The number of hydrogen-bond acceptors (Lipinski definition) is 3. The third-order valence-corrected chi connectivity index (χ3v) is 4.63. The average molecular weight is 412 g/mol. The van der Waals surface area contributed by atoms with Crippen molar-refractivity contribution in [1.82, 2.24) is 19.6 Å². The summed E-state index contributed by atoms with van der Waals surface area (Å²) in [5, 5.41) is 9.61. The summed E-state index contributed by atoms with van der Waals surface area (Å²) in [7, 11) is 1.23. The monoisotopic (exact) mass is 411 g/mol. The molecule has 0 bridgehead atoms. The molecule has 1 amide bonds. The number of alkyl halides is 3. The van der Waals surface area contributed by atoms with Gasteiger partial charge in [0.2, 0.25) is 0 Å². The number of halogens is 4. The molecule has 2 aromatic heterocycles. The van der Waals surface area contributed by atoms with Gasteiger partial charge in [0.1, 0.15) is 10.7 Å². The third-order valence-electron chi connectivity index (χ3n) is 4.27. The van der Waals surface area contributed by atoms with E-state index in [4.69, 9.17) is 11.6 Å². The van der Waals surface area contributed by atoms with E-state index in [0.717, 1.165) is 10.2 Å². The zero-order valence-electron chi connectivity index (χ0n) is 15.3. The van der Waals surface area contributed by atoms with E-state index in [1.54, 1.807) is 18.5 Å². The zero-order valence-corrected chi connectivity index (χ0v) is 16.1. The number of carbonyl (C=O) groups is 1. The molecular weight excluding hydrogens is 395 g/mol. The molecule has 3 rings (SSSR count). The van der Waals surface area contributed by atoms with Crippen LogP contribution in [-0.4, -0.2) is 25.5 Å². The van der Waals surface area contributed by atoms with Crippen molar-refractivity contribution in [3.8, 4) is 0 Å². The van der Waals surface area contributed by atoms with Crippen molar-refractivity contribution < 1.29 is 18.0 Å². The van der Waals surface area contributed by atoms with Crippen molar-refractivity contribution in [3.05, 3.63) is 63.7 Å². The Morgan fingerprint density at radius 1 is 1.18 bits per heavy atom. The first kappa shape index (κ1) is 19.9. The highest BCUT2D eigenvalue weighted by atomic mass is 35.5. The Balaban J connectivity index is 1.89. The van der Waals surface area contributed by atoms with E-state index in [1.165, 1.54) is 7.05 Å². The van der Waals surface area contributed by atoms with E-state index < -0.39 is 22.8 Å². The third kappa shape index (κ3) is 3.75. The second-order valence-electron chi connectivity index (χ2n) is 6.28. The van der Waals surface area contributed by atoms with E-state index in [1.807, 2.05) is 30.3 Å². The van der Waals surface area contributed by atoms with Crippen molar-refractivity contribution in [3.63, 3.8) is 0 Å². The molecule has 2 heterocycles. The van der Waals surface area contributed by atoms with Crippen molar-refractivity contribution in [2.45, 2.75) is 26.6 Å². The number of nitrogens with one attached hydrogen (secondary N) is 1. The molecule has 1 N–H and O–H groups in total. The molecule has 0 spiro atoms. The lowest BCUT2D eigenvalue weighted by Gasteiger charge is -2.08. The Bertz CT molecular complexity index is 1020. The van der Waals surface area contributed by atoms with Crippen LogP contribution in [-0.2, 0) is 19.8 Å². The second-order valence-corrected chi connectivity index (χ2v) is 6.65. The highest BCUT2D eigenvalue weighted by molar-refractivity contribution is 6.34. The van der Waals surface area contributed by atoms with Gasteiger partial charge in [-0.25, -0.2) is 0 Å². The Hall–Kier alpha value is -2.81. The second kappa shape index (κ2) is 7.31. The minimum Gasteiger partial charge on any atom is -0.317 e. The van der Waals surface area contributed by atoms with Crippen LogP contribution in [0.2, 0.25) is 5.02 Å². The van der Waals surface area contributed by atoms with Crippen LogP contribution in [0.4, 0.5) is 18.9 Å². The van der Waals surface area contributed by atoms with Crippen molar-refractivity contribution in [1.29, 1.82) is 0 Å². The van der Waals surface area contributed by atoms with Crippen LogP contribution < -0.4 is 5.32 Å². The lowest BCUT2D eigenvalue weighted by Crippen LogP contribution is -2.17. The zero-order chi connectivity index (χ0) is 20.6. The van der Waals surface area contributed by atoms with Crippen LogP contribution in [0.25, 0.3) is 0 Å². The number of aryl methyl sites for hydroxylation is 2. The van der Waals surface area contributed by atoms with E-state index >= 15 is 0 Å². The molecule has 0 radical (unpaired) electrons. The molecule has 0 aliphatic carbocycles. The van der Waals surface area contributed by atoms with Gasteiger partial charge in [-0.3, -0.25) is 14.2 Å². The average Bonchev–Trinajstić information content (AvgIpc) is 3.06. The van der Waals surface area contributed by atoms with Crippen molar-refractivity contribution in [2.24, 2.45) is 7.05 Å². The molecule has 0 aliphatic rings. The number of benzene rings is 1. The summed E-state index contributed by atoms with van der Waals surface area (Å²) in [6.07, 6.45) is -4.75. The summed E-state index contributed by atoms with van der Waals surface area (Å²) in [4.78, 5) is 12.6. The lowest BCUT2D eigenvalue weighted by molar-refractivity contribution is -0.141. The van der Waals surface area contributed by atoms with Gasteiger partial charge in [-0.05, 0) is 19.4 Å². The van der Waals surface area contributed by atoms with Gasteiger partial charge in [-0.1, -0.05) is 41.9 Å². The summed E-state index contributed by atoms with van der Waals surface area (Å²) in [5.41, 5.74) is 0.987. The fourth-order valence-corrected chi connectivity index (χ4v) is 3.24. The highest BCUT2D eigenvalue weighted by Crippen LogP contribution is 2.35. The smallest absolute Gasteiger partial charge is 0.317 e. The van der Waals surface area contributed by atoms with Gasteiger partial charge in [0, 0.05) is 7.05 Å². The maximum Gasteiger partial charge on any atom is 0.436 e. The van der Waals surface area contributed by atoms with Crippen LogP contribution in [0.15, 0.2) is 30.3 Å². The van der Waals surface area contributed by atoms with Gasteiger partial charge in [0.05, 0.1) is 23.6 Å². The summed E-state index contributed by atoms with van der Waals surface area (Å²) in [5.74, 6) is -0.791.